The second kappa shape index (κ2) is 8.73. The number of nitrogens with zero attached hydrogens (tertiary/aromatic N) is 1. The average molecular weight is 431 g/mol. The Labute approximate surface area is 184 Å². The number of rotatable bonds is 7. The van der Waals surface area contributed by atoms with E-state index < -0.39 is 5.97 Å². The van der Waals surface area contributed by atoms with Gasteiger partial charge < -0.3 is 30.4 Å². The van der Waals surface area contributed by atoms with Crippen molar-refractivity contribution in [1.82, 2.24) is 4.98 Å². The fourth-order valence-corrected chi connectivity index (χ4v) is 3.29. The molecule has 0 fully saturated rings. The van der Waals surface area contributed by atoms with Crippen molar-refractivity contribution in [3.8, 4) is 23.0 Å². The monoisotopic (exact) mass is 431 g/mol. The van der Waals surface area contributed by atoms with Crippen molar-refractivity contribution in [2.45, 2.75) is 0 Å². The summed E-state index contributed by atoms with van der Waals surface area (Å²) in [6.07, 6.45) is 1.49. The third kappa shape index (κ3) is 4.06. The lowest BCUT2D eigenvalue weighted by Crippen LogP contribution is -2.03. The number of hydrogen-bond acceptors (Lipinski definition) is 7. The van der Waals surface area contributed by atoms with Crippen LogP contribution in [0.25, 0.3) is 10.9 Å². The number of carboxylic acids is 1. The lowest BCUT2D eigenvalue weighted by atomic mass is 10.1. The van der Waals surface area contributed by atoms with Crippen LogP contribution in [0.15, 0.2) is 66.9 Å². The van der Waals surface area contributed by atoms with Gasteiger partial charge >= 0.3 is 5.97 Å². The number of ether oxygens (including phenoxy) is 3. The summed E-state index contributed by atoms with van der Waals surface area (Å²) in [5, 5.41) is 13.3. The molecule has 8 nitrogen and oxygen atoms in total. The van der Waals surface area contributed by atoms with Crippen LogP contribution in [0.4, 0.5) is 17.1 Å². The Morgan fingerprint density at radius 2 is 1.66 bits per heavy atom. The number of para-hydroxylation sites is 2. The lowest BCUT2D eigenvalue weighted by molar-refractivity contribution is 0.0693. The highest BCUT2D eigenvalue weighted by atomic mass is 16.5. The minimum absolute atomic E-state index is 0.0288. The first-order valence-corrected chi connectivity index (χ1v) is 9.67. The molecule has 0 aliphatic heterocycles. The summed E-state index contributed by atoms with van der Waals surface area (Å²) in [6.45, 7) is 0. The molecule has 0 aliphatic carbocycles. The van der Waals surface area contributed by atoms with Gasteiger partial charge in [-0.2, -0.15) is 0 Å². The Bertz CT molecular complexity index is 1290. The molecule has 1 heterocycles. The largest absolute Gasteiger partial charge is 0.496 e. The van der Waals surface area contributed by atoms with Gasteiger partial charge in [0.25, 0.3) is 0 Å². The van der Waals surface area contributed by atoms with Gasteiger partial charge in [0.15, 0.2) is 11.5 Å². The van der Waals surface area contributed by atoms with E-state index in [1.165, 1.54) is 19.4 Å². The van der Waals surface area contributed by atoms with Crippen LogP contribution < -0.4 is 25.3 Å². The number of fused-ring (bicyclic) bond motifs is 1. The Morgan fingerprint density at radius 3 is 2.31 bits per heavy atom. The molecule has 8 heteroatoms. The maximum Gasteiger partial charge on any atom is 0.339 e. The van der Waals surface area contributed by atoms with Gasteiger partial charge in [0.2, 0.25) is 0 Å². The second-order valence-electron chi connectivity index (χ2n) is 6.87. The number of nitrogens with one attached hydrogen (secondary N) is 1. The zero-order valence-electron chi connectivity index (χ0n) is 17.5. The molecule has 4 aromatic rings. The molecule has 4 rings (SSSR count). The molecule has 0 amide bonds. The molecular weight excluding hydrogens is 410 g/mol. The van der Waals surface area contributed by atoms with Crippen molar-refractivity contribution in [1.29, 1.82) is 0 Å². The molecule has 0 aliphatic rings. The van der Waals surface area contributed by atoms with Gasteiger partial charge in [-0.05, 0) is 48.5 Å². The third-order valence-corrected chi connectivity index (χ3v) is 4.87. The van der Waals surface area contributed by atoms with Crippen LogP contribution in [0.1, 0.15) is 10.4 Å². The van der Waals surface area contributed by atoms with Gasteiger partial charge in [-0.25, -0.2) is 4.79 Å². The fraction of sp³-hybridized carbons (Fsp3) is 0.0833. The van der Waals surface area contributed by atoms with Crippen molar-refractivity contribution >= 4 is 33.9 Å². The van der Waals surface area contributed by atoms with Crippen molar-refractivity contribution in [3.63, 3.8) is 0 Å². The molecule has 0 spiro atoms. The highest BCUT2D eigenvalue weighted by molar-refractivity contribution is 6.03. The molecule has 4 N–H and O–H groups in total. The summed E-state index contributed by atoms with van der Waals surface area (Å²) < 4.78 is 16.5. The number of aromatic nitrogens is 1. The van der Waals surface area contributed by atoms with Gasteiger partial charge in [0, 0.05) is 11.1 Å². The molecule has 0 bridgehead atoms. The normalized spacial score (nSPS) is 10.6. The quantitative estimate of drug-likeness (QED) is 0.371. The molecule has 0 unspecified atom stereocenters. The van der Waals surface area contributed by atoms with E-state index in [-0.39, 0.29) is 11.3 Å². The number of benzene rings is 3. The number of methoxy groups -OCH3 is 2. The maximum atomic E-state index is 11.5. The number of carbonyl (C=O) groups is 1. The number of aromatic carboxylic acids is 1. The van der Waals surface area contributed by atoms with Gasteiger partial charge in [0.05, 0.1) is 37.3 Å². The topological polar surface area (TPSA) is 116 Å². The van der Waals surface area contributed by atoms with Gasteiger partial charge in [-0.15, -0.1) is 0 Å². The van der Waals surface area contributed by atoms with Crippen LogP contribution in [0, 0.1) is 0 Å². The Balaban J connectivity index is 1.64. The molecule has 0 saturated heterocycles. The van der Waals surface area contributed by atoms with E-state index in [2.05, 4.69) is 10.3 Å². The summed E-state index contributed by atoms with van der Waals surface area (Å²) >= 11 is 0. The van der Waals surface area contributed by atoms with E-state index in [9.17, 15) is 9.90 Å². The predicted octanol–water partition coefficient (Wildman–Crippen LogP) is 5.07. The SMILES string of the molecule is COc1ccccc1Oc1ccc(Nc2c(N)cnc3cc(C(=O)O)c(OC)cc23)cc1. The van der Waals surface area contributed by atoms with E-state index in [0.29, 0.717) is 39.5 Å². The van der Waals surface area contributed by atoms with Crippen molar-refractivity contribution in [2.75, 3.05) is 25.3 Å². The Morgan fingerprint density at radius 1 is 0.969 bits per heavy atom. The number of pyridine rings is 1. The molecule has 3 aromatic carbocycles. The van der Waals surface area contributed by atoms with Crippen LogP contribution >= 0.6 is 0 Å². The van der Waals surface area contributed by atoms with E-state index in [4.69, 9.17) is 19.9 Å². The summed E-state index contributed by atoms with van der Waals surface area (Å²) in [4.78, 5) is 15.8. The van der Waals surface area contributed by atoms with Gasteiger partial charge in [-0.1, -0.05) is 12.1 Å². The van der Waals surface area contributed by atoms with Crippen LogP contribution in [0.3, 0.4) is 0 Å². The number of carboxylic acid groups (broad SMARTS) is 1. The highest BCUT2D eigenvalue weighted by Crippen LogP contribution is 2.36. The molecule has 32 heavy (non-hydrogen) atoms. The van der Waals surface area contributed by atoms with E-state index in [1.54, 1.807) is 13.2 Å². The predicted molar refractivity (Wildman–Crippen MR) is 122 cm³/mol. The minimum Gasteiger partial charge on any atom is -0.496 e. The fourth-order valence-electron chi connectivity index (χ4n) is 3.29. The first-order valence-electron chi connectivity index (χ1n) is 9.67. The summed E-state index contributed by atoms with van der Waals surface area (Å²) in [5.74, 6) is 1.02. The van der Waals surface area contributed by atoms with Crippen LogP contribution in [0.2, 0.25) is 0 Å². The van der Waals surface area contributed by atoms with Gasteiger partial charge in [-0.3, -0.25) is 4.98 Å². The third-order valence-electron chi connectivity index (χ3n) is 4.87. The molecule has 0 radical (unpaired) electrons. The van der Waals surface area contributed by atoms with Crippen molar-refractivity contribution in [3.05, 3.63) is 72.4 Å². The molecule has 1 aromatic heterocycles. The number of anilines is 3. The van der Waals surface area contributed by atoms with Crippen LogP contribution in [-0.2, 0) is 0 Å². The van der Waals surface area contributed by atoms with Crippen LogP contribution in [0.5, 0.6) is 23.0 Å². The summed E-state index contributed by atoms with van der Waals surface area (Å²) in [5.41, 5.74) is 8.45. The Kier molecular flexibility index (Phi) is 5.67. The first kappa shape index (κ1) is 20.8. The zero-order chi connectivity index (χ0) is 22.7. The number of nitrogens with two attached hydrogens (primary N) is 1. The lowest BCUT2D eigenvalue weighted by Gasteiger charge is -2.15. The smallest absolute Gasteiger partial charge is 0.339 e. The number of nitrogen functional groups attached to an aromatic ring is 1. The van der Waals surface area contributed by atoms with E-state index in [1.807, 2.05) is 48.5 Å². The minimum atomic E-state index is -1.09. The highest BCUT2D eigenvalue weighted by Gasteiger charge is 2.16. The average Bonchev–Trinajstić information content (AvgIpc) is 2.81. The second-order valence-corrected chi connectivity index (χ2v) is 6.87. The van der Waals surface area contributed by atoms with Crippen molar-refractivity contribution in [2.24, 2.45) is 0 Å². The Hall–Kier alpha value is -4.46. The molecule has 0 atom stereocenters. The number of hydrogen-bond donors (Lipinski definition) is 3. The maximum absolute atomic E-state index is 11.5. The molecule has 162 valence electrons. The van der Waals surface area contributed by atoms with Crippen LogP contribution in [-0.4, -0.2) is 30.3 Å². The standard InChI is InChI=1S/C24H21N3O5/c1-30-20-5-3-4-6-21(20)32-15-9-7-14(8-10-15)27-23-16-12-22(31-2)17(24(28)29)11-19(16)26-13-18(23)25/h3-13H,25H2,1-2H3,(H,26,27)(H,28,29). The molecule has 0 saturated carbocycles. The molecular formula is C24H21N3O5. The van der Waals surface area contributed by atoms with Gasteiger partial charge in [0.1, 0.15) is 17.1 Å². The zero-order valence-corrected chi connectivity index (χ0v) is 17.5. The first-order chi connectivity index (χ1) is 15.5. The van der Waals surface area contributed by atoms with Crippen molar-refractivity contribution < 1.29 is 24.1 Å². The van der Waals surface area contributed by atoms with E-state index in [0.717, 1.165) is 5.69 Å². The summed E-state index contributed by atoms with van der Waals surface area (Å²) in [7, 11) is 3.01. The summed E-state index contributed by atoms with van der Waals surface area (Å²) in [6, 6.07) is 17.8. The van der Waals surface area contributed by atoms with E-state index >= 15 is 0 Å².